The summed E-state index contributed by atoms with van der Waals surface area (Å²) in [6.07, 6.45) is 5.45. The van der Waals surface area contributed by atoms with Gasteiger partial charge < -0.3 is 21.3 Å². The number of Topliss-reactive ketones (excluding diaryl/α,β-unsaturated/α-hetero) is 1. The minimum absolute atomic E-state index is 0.0304. The zero-order valence-electron chi connectivity index (χ0n) is 18.6. The van der Waals surface area contributed by atoms with E-state index in [9.17, 15) is 9.59 Å². The molecule has 2 atom stereocenters. The second kappa shape index (κ2) is 24.0. The number of amides is 1. The predicted octanol–water partition coefficient (Wildman–Crippen LogP) is 2.48. The summed E-state index contributed by atoms with van der Waals surface area (Å²) >= 11 is 0. The molecule has 2 unspecified atom stereocenters. The molecule has 0 heterocycles. The fourth-order valence-corrected chi connectivity index (χ4v) is 2.36. The lowest BCUT2D eigenvalue weighted by Crippen LogP contribution is -2.49. The van der Waals surface area contributed by atoms with Crippen LogP contribution >= 0.6 is 0 Å². The molecule has 0 bridgehead atoms. The van der Waals surface area contributed by atoms with Gasteiger partial charge in [0, 0.05) is 0 Å². The number of ketones is 1. The lowest BCUT2D eigenvalue weighted by Gasteiger charge is -2.21. The maximum absolute atomic E-state index is 12.3. The van der Waals surface area contributed by atoms with Crippen molar-refractivity contribution >= 4 is 11.7 Å². The van der Waals surface area contributed by atoms with Crippen molar-refractivity contribution in [2.75, 3.05) is 34.2 Å². The molecule has 0 aromatic carbocycles. The zero-order chi connectivity index (χ0) is 20.8. The molecule has 0 radical (unpaired) electrons. The summed E-state index contributed by atoms with van der Waals surface area (Å²) < 4.78 is 0. The number of hydrogen-bond donors (Lipinski definition) is 4. The molecule has 0 fully saturated rings. The van der Waals surface area contributed by atoms with Crippen LogP contribution in [-0.4, -0.2) is 58.0 Å². The molecule has 0 spiro atoms. The van der Waals surface area contributed by atoms with Gasteiger partial charge in [-0.2, -0.15) is 0 Å². The zero-order valence-corrected chi connectivity index (χ0v) is 18.6. The van der Waals surface area contributed by atoms with Crippen LogP contribution in [0.2, 0.25) is 0 Å². The normalized spacial score (nSPS) is 12.0. The van der Waals surface area contributed by atoms with Gasteiger partial charge in [0.1, 0.15) is 0 Å². The molecule has 4 N–H and O–H groups in total. The number of carbonyl (C=O) groups is 2. The maximum Gasteiger partial charge on any atom is 0.237 e. The summed E-state index contributed by atoms with van der Waals surface area (Å²) in [7, 11) is 5.63. The van der Waals surface area contributed by atoms with Crippen molar-refractivity contribution in [3.05, 3.63) is 0 Å². The quantitative estimate of drug-likeness (QED) is 0.351. The van der Waals surface area contributed by atoms with Crippen LogP contribution in [0.1, 0.15) is 73.1 Å². The minimum Gasteiger partial charge on any atom is -0.345 e. The van der Waals surface area contributed by atoms with Gasteiger partial charge in [-0.05, 0) is 73.3 Å². The maximum atomic E-state index is 12.3. The van der Waals surface area contributed by atoms with E-state index >= 15 is 0 Å². The number of rotatable bonds is 14. The van der Waals surface area contributed by atoms with Crippen LogP contribution in [0.3, 0.4) is 0 Å². The van der Waals surface area contributed by atoms with Crippen LogP contribution in [0.15, 0.2) is 0 Å². The Labute approximate surface area is 162 Å². The second-order valence-electron chi connectivity index (χ2n) is 5.71. The van der Waals surface area contributed by atoms with Gasteiger partial charge in [0.2, 0.25) is 5.91 Å². The van der Waals surface area contributed by atoms with Crippen LogP contribution in [0, 0.1) is 0 Å². The third-order valence-electron chi connectivity index (χ3n) is 3.81. The number of likely N-dealkylation sites (N-methyl/N-ethyl adjacent to an activating group) is 1. The third-order valence-corrected chi connectivity index (χ3v) is 3.81. The van der Waals surface area contributed by atoms with Crippen LogP contribution in [0.25, 0.3) is 0 Å². The summed E-state index contributed by atoms with van der Waals surface area (Å²) in [5.41, 5.74) is 0. The average Bonchev–Trinajstić information content (AvgIpc) is 2.67. The van der Waals surface area contributed by atoms with Gasteiger partial charge in [-0.25, -0.2) is 0 Å². The van der Waals surface area contributed by atoms with Crippen molar-refractivity contribution in [2.24, 2.45) is 0 Å². The largest absolute Gasteiger partial charge is 0.345 e. The van der Waals surface area contributed by atoms with Crippen LogP contribution in [0.5, 0.6) is 0 Å². The van der Waals surface area contributed by atoms with Crippen LogP contribution < -0.4 is 21.3 Å². The molecule has 6 heteroatoms. The van der Waals surface area contributed by atoms with E-state index in [1.54, 1.807) is 14.0 Å². The average molecular weight is 375 g/mol. The fourth-order valence-electron chi connectivity index (χ4n) is 2.36. The van der Waals surface area contributed by atoms with Crippen LogP contribution in [-0.2, 0) is 9.59 Å². The fraction of sp³-hybridized carbons (Fsp3) is 0.900. The first kappa shape index (κ1) is 29.8. The van der Waals surface area contributed by atoms with Gasteiger partial charge in [-0.3, -0.25) is 9.59 Å². The highest BCUT2D eigenvalue weighted by atomic mass is 16.2. The molecule has 26 heavy (non-hydrogen) atoms. The molecule has 0 aromatic rings. The summed E-state index contributed by atoms with van der Waals surface area (Å²) in [5.74, 6) is -0.0383. The Morgan fingerprint density at radius 2 is 1.15 bits per heavy atom. The predicted molar refractivity (Wildman–Crippen MR) is 114 cm³/mol. The van der Waals surface area contributed by atoms with E-state index in [1.165, 1.54) is 0 Å². The second-order valence-corrected chi connectivity index (χ2v) is 5.71. The summed E-state index contributed by atoms with van der Waals surface area (Å²) in [5, 5.41) is 12.1. The van der Waals surface area contributed by atoms with Crippen molar-refractivity contribution in [3.63, 3.8) is 0 Å². The smallest absolute Gasteiger partial charge is 0.237 e. The molecule has 0 saturated carbocycles. The Morgan fingerprint density at radius 1 is 0.731 bits per heavy atom. The van der Waals surface area contributed by atoms with E-state index in [2.05, 4.69) is 21.3 Å². The first-order valence-electron chi connectivity index (χ1n) is 10.3. The van der Waals surface area contributed by atoms with Gasteiger partial charge in [-0.1, -0.05) is 34.1 Å². The van der Waals surface area contributed by atoms with E-state index in [0.717, 1.165) is 45.2 Å². The number of hydrogen-bond acceptors (Lipinski definition) is 5. The van der Waals surface area contributed by atoms with Crippen molar-refractivity contribution in [1.82, 2.24) is 21.3 Å². The van der Waals surface area contributed by atoms with E-state index in [0.29, 0.717) is 6.42 Å². The first-order chi connectivity index (χ1) is 12.6. The standard InChI is InChI=1S/C16H34N4O2.2C2H6/c1-13(21)14(9-5-7-11-17-2)20-16(22)15(19-4)10-6-8-12-18-3;2*1-2/h14-15,17-19H,5-12H2,1-4H3,(H,20,22);2*1-2H3. The van der Waals surface area contributed by atoms with Crippen molar-refractivity contribution in [3.8, 4) is 0 Å². The highest BCUT2D eigenvalue weighted by Gasteiger charge is 2.21. The van der Waals surface area contributed by atoms with E-state index in [-0.39, 0.29) is 23.8 Å². The molecule has 0 rings (SSSR count). The van der Waals surface area contributed by atoms with E-state index in [1.807, 2.05) is 41.8 Å². The molecular weight excluding hydrogens is 328 g/mol. The third kappa shape index (κ3) is 17.8. The minimum atomic E-state index is -0.363. The van der Waals surface area contributed by atoms with E-state index in [4.69, 9.17) is 0 Å². The lowest BCUT2D eigenvalue weighted by molar-refractivity contribution is -0.128. The highest BCUT2D eigenvalue weighted by Crippen LogP contribution is 2.05. The molecule has 6 nitrogen and oxygen atoms in total. The van der Waals surface area contributed by atoms with Gasteiger partial charge in [-0.15, -0.1) is 0 Å². The number of carbonyl (C=O) groups excluding carboxylic acids is 2. The van der Waals surface area contributed by atoms with Crippen LogP contribution in [0.4, 0.5) is 0 Å². The van der Waals surface area contributed by atoms with Gasteiger partial charge in [0.05, 0.1) is 12.1 Å². The molecule has 0 aliphatic heterocycles. The molecule has 158 valence electrons. The monoisotopic (exact) mass is 374 g/mol. The Kier molecular flexibility index (Phi) is 27.5. The summed E-state index contributed by atoms with van der Waals surface area (Å²) in [6, 6.07) is -0.589. The Morgan fingerprint density at radius 3 is 1.50 bits per heavy atom. The topological polar surface area (TPSA) is 82.3 Å². The Hall–Kier alpha value is -0.980. The van der Waals surface area contributed by atoms with Gasteiger partial charge in [0.25, 0.3) is 0 Å². The van der Waals surface area contributed by atoms with Gasteiger partial charge >= 0.3 is 0 Å². The summed E-state index contributed by atoms with van der Waals surface area (Å²) in [4.78, 5) is 24.0. The number of unbranched alkanes of at least 4 members (excludes halogenated alkanes) is 2. The SMILES string of the molecule is CC.CC.CNCCCCC(NC(=O)C(CCCCNC)NC)C(C)=O. The molecule has 0 aromatic heterocycles. The lowest BCUT2D eigenvalue weighted by atomic mass is 10.0. The molecule has 0 aliphatic rings. The summed E-state index contributed by atoms with van der Waals surface area (Å²) in [6.45, 7) is 11.4. The van der Waals surface area contributed by atoms with Crippen molar-refractivity contribution in [2.45, 2.75) is 85.2 Å². The molecule has 0 saturated heterocycles. The Bertz CT molecular complexity index is 312. The van der Waals surface area contributed by atoms with Crippen molar-refractivity contribution < 1.29 is 9.59 Å². The highest BCUT2D eigenvalue weighted by molar-refractivity contribution is 5.89. The van der Waals surface area contributed by atoms with Crippen molar-refractivity contribution in [1.29, 1.82) is 0 Å². The Balaban J connectivity index is -0.00000123. The molecule has 1 amide bonds. The molecular formula is C20H46N4O2. The van der Waals surface area contributed by atoms with Gasteiger partial charge in [0.15, 0.2) is 5.78 Å². The van der Waals surface area contributed by atoms with E-state index < -0.39 is 0 Å². The molecule has 0 aliphatic carbocycles. The number of nitrogens with one attached hydrogen (secondary N) is 4. The first-order valence-corrected chi connectivity index (χ1v) is 10.3.